The van der Waals surface area contributed by atoms with E-state index >= 15 is 0 Å². The fourth-order valence-corrected chi connectivity index (χ4v) is 7.37. The number of nitrogens with zero attached hydrogens (tertiary/aromatic N) is 6. The van der Waals surface area contributed by atoms with Gasteiger partial charge in [0.1, 0.15) is 22.3 Å². The summed E-state index contributed by atoms with van der Waals surface area (Å²) in [7, 11) is 0. The van der Waals surface area contributed by atoms with E-state index in [9.17, 15) is 0 Å². The van der Waals surface area contributed by atoms with Crippen molar-refractivity contribution in [3.05, 3.63) is 122 Å². The van der Waals surface area contributed by atoms with E-state index in [1.165, 1.54) is 0 Å². The molecule has 0 saturated carbocycles. The molecule has 0 saturated heterocycles. The van der Waals surface area contributed by atoms with Crippen LogP contribution in [0.3, 0.4) is 0 Å². The molecule has 0 aliphatic carbocycles. The minimum Gasteiger partial charge on any atom is -0.456 e. The highest BCUT2D eigenvalue weighted by Gasteiger charge is 2.20. The van der Waals surface area contributed by atoms with E-state index in [1.54, 1.807) is 0 Å². The van der Waals surface area contributed by atoms with Gasteiger partial charge in [-0.15, -0.1) is 0 Å². The van der Waals surface area contributed by atoms with Crippen molar-refractivity contribution in [2.45, 2.75) is 0 Å². The molecule has 8 heterocycles. The third-order valence-electron chi connectivity index (χ3n) is 9.29. The maximum absolute atomic E-state index is 6.45. The first-order valence-electron chi connectivity index (χ1n) is 15.0. The van der Waals surface area contributed by atoms with Crippen molar-refractivity contribution in [1.82, 2.24) is 29.1 Å². The van der Waals surface area contributed by atoms with E-state index in [0.717, 1.165) is 98.9 Å². The third-order valence-corrected chi connectivity index (χ3v) is 9.29. The Labute approximate surface area is 258 Å². The van der Waals surface area contributed by atoms with Crippen molar-refractivity contribution < 1.29 is 8.83 Å². The predicted molar refractivity (Wildman–Crippen MR) is 181 cm³/mol. The van der Waals surface area contributed by atoms with Gasteiger partial charge in [0.25, 0.3) is 0 Å². The Kier molecular flexibility index (Phi) is 4.43. The van der Waals surface area contributed by atoms with E-state index in [2.05, 4.69) is 77.6 Å². The first-order valence-corrected chi connectivity index (χ1v) is 15.0. The molecule has 11 aromatic rings. The van der Waals surface area contributed by atoms with Crippen LogP contribution in [0.25, 0.3) is 98.9 Å². The molecule has 0 amide bonds. The second-order valence-electron chi connectivity index (χ2n) is 11.6. The second kappa shape index (κ2) is 8.55. The van der Waals surface area contributed by atoms with Gasteiger partial charge >= 0.3 is 0 Å². The largest absolute Gasteiger partial charge is 0.456 e. The lowest BCUT2D eigenvalue weighted by Crippen LogP contribution is -1.94. The summed E-state index contributed by atoms with van der Waals surface area (Å²) in [6.07, 6.45) is 15.0. The van der Waals surface area contributed by atoms with Gasteiger partial charge in [-0.3, -0.25) is 19.9 Å². The number of furan rings is 2. The Morgan fingerprint density at radius 1 is 0.370 bits per heavy atom. The first-order chi connectivity index (χ1) is 22.8. The topological polar surface area (TPSA) is 87.7 Å². The fraction of sp³-hybridized carbons (Fsp3) is 0. The number of rotatable bonds is 2. The number of hydrogen-bond donors (Lipinski definition) is 0. The standard InChI is InChI=1S/C38H20N6O2/c1-3-33-25(15-21(1)43-29-9-13-39-17-27(29)23-7-11-41-19-31(23)43)37-35(45-33)5-6-36-38(37)26-16-22(2-4-34(26)46-36)44-30-10-14-40-18-28(30)24-8-12-42-20-32(24)44/h1-20H. The summed E-state index contributed by atoms with van der Waals surface area (Å²) in [6.45, 7) is 0. The lowest BCUT2D eigenvalue weighted by molar-refractivity contribution is 0.663. The molecular weight excluding hydrogens is 572 g/mol. The second-order valence-corrected chi connectivity index (χ2v) is 11.6. The molecule has 0 unspecified atom stereocenters. The van der Waals surface area contributed by atoms with Crippen LogP contribution < -0.4 is 0 Å². The maximum Gasteiger partial charge on any atom is 0.136 e. The molecule has 3 aromatic carbocycles. The molecule has 0 aliphatic heterocycles. The molecule has 8 nitrogen and oxygen atoms in total. The molecule has 0 atom stereocenters. The number of fused-ring (bicyclic) bond motifs is 13. The maximum atomic E-state index is 6.45. The van der Waals surface area contributed by atoms with Crippen molar-refractivity contribution in [3.63, 3.8) is 0 Å². The fourth-order valence-electron chi connectivity index (χ4n) is 7.37. The minimum atomic E-state index is 0.813. The van der Waals surface area contributed by atoms with E-state index in [1.807, 2.05) is 73.8 Å². The Bertz CT molecular complexity index is 2740. The molecule has 0 N–H and O–H groups in total. The molecule has 0 spiro atoms. The molecule has 11 rings (SSSR count). The lowest BCUT2D eigenvalue weighted by atomic mass is 10.0. The van der Waals surface area contributed by atoms with E-state index in [4.69, 9.17) is 8.83 Å². The Morgan fingerprint density at radius 2 is 0.804 bits per heavy atom. The van der Waals surface area contributed by atoms with Gasteiger partial charge in [-0.05, 0) is 72.8 Å². The van der Waals surface area contributed by atoms with Crippen molar-refractivity contribution >= 4 is 87.5 Å². The average Bonchev–Trinajstić information content (AvgIpc) is 3.85. The van der Waals surface area contributed by atoms with Gasteiger partial charge in [-0.2, -0.15) is 0 Å². The first kappa shape index (κ1) is 23.9. The van der Waals surface area contributed by atoms with Crippen LogP contribution >= 0.6 is 0 Å². The molecule has 0 fully saturated rings. The summed E-state index contributed by atoms with van der Waals surface area (Å²) >= 11 is 0. The molecule has 214 valence electrons. The zero-order valence-electron chi connectivity index (χ0n) is 24.0. The zero-order valence-corrected chi connectivity index (χ0v) is 24.0. The van der Waals surface area contributed by atoms with Gasteiger partial charge in [-0.25, -0.2) is 0 Å². The van der Waals surface area contributed by atoms with Crippen LogP contribution in [-0.4, -0.2) is 29.1 Å². The molecule has 0 radical (unpaired) electrons. The quantitative estimate of drug-likeness (QED) is 0.199. The van der Waals surface area contributed by atoms with Crippen LogP contribution in [-0.2, 0) is 0 Å². The van der Waals surface area contributed by atoms with Crippen molar-refractivity contribution in [3.8, 4) is 11.4 Å². The molecule has 0 bridgehead atoms. The van der Waals surface area contributed by atoms with Gasteiger partial charge in [0.05, 0.1) is 34.5 Å². The summed E-state index contributed by atoms with van der Waals surface area (Å²) in [6, 6.07) is 24.9. The van der Waals surface area contributed by atoms with Gasteiger partial charge in [-0.1, -0.05) is 0 Å². The van der Waals surface area contributed by atoms with Crippen LogP contribution in [0.5, 0.6) is 0 Å². The van der Waals surface area contributed by atoms with Crippen LogP contribution in [0.1, 0.15) is 0 Å². The predicted octanol–water partition coefficient (Wildman–Crippen LogP) is 9.26. The third kappa shape index (κ3) is 3.02. The molecule has 8 aromatic heterocycles. The number of pyridine rings is 4. The molecule has 8 heteroatoms. The molecule has 46 heavy (non-hydrogen) atoms. The highest BCUT2D eigenvalue weighted by Crippen LogP contribution is 2.42. The molecular formula is C38H20N6O2. The van der Waals surface area contributed by atoms with E-state index < -0.39 is 0 Å². The van der Waals surface area contributed by atoms with Gasteiger partial charge in [0, 0.05) is 91.6 Å². The van der Waals surface area contributed by atoms with Crippen LogP contribution in [0.2, 0.25) is 0 Å². The van der Waals surface area contributed by atoms with Crippen molar-refractivity contribution in [2.75, 3.05) is 0 Å². The van der Waals surface area contributed by atoms with Gasteiger partial charge in [0.2, 0.25) is 0 Å². The monoisotopic (exact) mass is 592 g/mol. The SMILES string of the molecule is c1cc2c(cn1)c1ccncc1n2-c1ccc2oc3ccc4oc5ccc(-n6c7ccncc7c7ccncc76)cc5c4c3c2c1. The Morgan fingerprint density at radius 3 is 1.30 bits per heavy atom. The van der Waals surface area contributed by atoms with Crippen LogP contribution in [0.15, 0.2) is 131 Å². The highest BCUT2D eigenvalue weighted by molar-refractivity contribution is 6.26. The van der Waals surface area contributed by atoms with E-state index in [0.29, 0.717) is 0 Å². The smallest absolute Gasteiger partial charge is 0.136 e. The summed E-state index contributed by atoms with van der Waals surface area (Å²) in [5.74, 6) is 0. The van der Waals surface area contributed by atoms with Crippen LogP contribution in [0.4, 0.5) is 0 Å². The van der Waals surface area contributed by atoms with Gasteiger partial charge in [0.15, 0.2) is 0 Å². The average molecular weight is 593 g/mol. The van der Waals surface area contributed by atoms with Crippen molar-refractivity contribution in [2.24, 2.45) is 0 Å². The summed E-state index contributed by atoms with van der Waals surface area (Å²) in [5.41, 5.74) is 9.50. The minimum absolute atomic E-state index is 0.813. The van der Waals surface area contributed by atoms with Gasteiger partial charge < -0.3 is 18.0 Å². The number of aromatic nitrogens is 6. The lowest BCUT2D eigenvalue weighted by Gasteiger charge is -2.08. The Balaban J connectivity index is 1.22. The highest BCUT2D eigenvalue weighted by atomic mass is 16.3. The zero-order chi connectivity index (χ0) is 29.9. The normalized spacial score (nSPS) is 12.3. The summed E-state index contributed by atoms with van der Waals surface area (Å²) < 4.78 is 17.4. The van der Waals surface area contributed by atoms with E-state index in [-0.39, 0.29) is 0 Å². The number of hydrogen-bond acceptors (Lipinski definition) is 6. The van der Waals surface area contributed by atoms with Crippen molar-refractivity contribution in [1.29, 1.82) is 0 Å². The van der Waals surface area contributed by atoms with Crippen LogP contribution in [0, 0.1) is 0 Å². The Hall–Kier alpha value is -6.54. The summed E-state index contributed by atoms with van der Waals surface area (Å²) in [5, 5.41) is 8.49. The summed E-state index contributed by atoms with van der Waals surface area (Å²) in [4.78, 5) is 17.7. The molecule has 0 aliphatic rings. The number of benzene rings is 3.